The number of methoxy groups -OCH3 is 2. The summed E-state index contributed by atoms with van der Waals surface area (Å²) in [7, 11) is 3.33. The highest BCUT2D eigenvalue weighted by molar-refractivity contribution is 6.31. The second kappa shape index (κ2) is 7.34. The van der Waals surface area contributed by atoms with Crippen molar-refractivity contribution in [2.45, 2.75) is 19.5 Å². The molecule has 0 aliphatic carbocycles. The van der Waals surface area contributed by atoms with Crippen LogP contribution in [0.15, 0.2) is 42.5 Å². The van der Waals surface area contributed by atoms with Gasteiger partial charge in [-0.25, -0.2) is 0 Å². The molecule has 2 aromatic carbocycles. The van der Waals surface area contributed by atoms with E-state index in [9.17, 15) is 0 Å². The van der Waals surface area contributed by atoms with Crippen LogP contribution in [0.25, 0.3) is 0 Å². The summed E-state index contributed by atoms with van der Waals surface area (Å²) in [5, 5.41) is 4.17. The minimum atomic E-state index is 0.182. The Labute approximate surface area is 130 Å². The normalized spacial score (nSPS) is 12.0. The van der Waals surface area contributed by atoms with Crippen molar-refractivity contribution in [3.63, 3.8) is 0 Å². The third-order valence-electron chi connectivity index (χ3n) is 3.47. The SMILES string of the molecule is COc1cccc(C(C)NCc2c(Cl)cccc2OC)c1. The maximum atomic E-state index is 6.25. The fourth-order valence-electron chi connectivity index (χ4n) is 2.19. The Morgan fingerprint density at radius 1 is 1.10 bits per heavy atom. The van der Waals surface area contributed by atoms with E-state index in [1.54, 1.807) is 14.2 Å². The first-order valence-electron chi connectivity index (χ1n) is 6.84. The summed E-state index contributed by atoms with van der Waals surface area (Å²) >= 11 is 6.25. The zero-order valence-electron chi connectivity index (χ0n) is 12.5. The highest BCUT2D eigenvalue weighted by Gasteiger charge is 2.10. The molecule has 0 saturated carbocycles. The first-order chi connectivity index (χ1) is 10.2. The molecular weight excluding hydrogens is 286 g/mol. The van der Waals surface area contributed by atoms with Gasteiger partial charge in [-0.05, 0) is 36.8 Å². The van der Waals surface area contributed by atoms with Gasteiger partial charge in [0.05, 0.1) is 14.2 Å². The lowest BCUT2D eigenvalue weighted by atomic mass is 10.1. The summed E-state index contributed by atoms with van der Waals surface area (Å²) in [6.45, 7) is 2.75. The average molecular weight is 306 g/mol. The van der Waals surface area contributed by atoms with Crippen LogP contribution in [-0.4, -0.2) is 14.2 Å². The molecule has 0 bridgehead atoms. The average Bonchev–Trinajstić information content (AvgIpc) is 2.53. The molecule has 0 fully saturated rings. The van der Waals surface area contributed by atoms with Crippen LogP contribution < -0.4 is 14.8 Å². The van der Waals surface area contributed by atoms with Crippen LogP contribution in [0.1, 0.15) is 24.1 Å². The van der Waals surface area contributed by atoms with Gasteiger partial charge in [-0.1, -0.05) is 29.8 Å². The van der Waals surface area contributed by atoms with E-state index >= 15 is 0 Å². The molecule has 0 spiro atoms. The van der Waals surface area contributed by atoms with Gasteiger partial charge in [0, 0.05) is 23.2 Å². The van der Waals surface area contributed by atoms with Gasteiger partial charge >= 0.3 is 0 Å². The van der Waals surface area contributed by atoms with E-state index in [4.69, 9.17) is 21.1 Å². The van der Waals surface area contributed by atoms with Gasteiger partial charge < -0.3 is 14.8 Å². The lowest BCUT2D eigenvalue weighted by Crippen LogP contribution is -2.18. The van der Waals surface area contributed by atoms with E-state index in [0.29, 0.717) is 11.6 Å². The molecule has 1 atom stereocenters. The van der Waals surface area contributed by atoms with Crippen LogP contribution in [-0.2, 0) is 6.54 Å². The second-order valence-electron chi connectivity index (χ2n) is 4.80. The van der Waals surface area contributed by atoms with Gasteiger partial charge in [0.2, 0.25) is 0 Å². The van der Waals surface area contributed by atoms with Gasteiger partial charge in [-0.3, -0.25) is 0 Å². The topological polar surface area (TPSA) is 30.5 Å². The Morgan fingerprint density at radius 3 is 2.57 bits per heavy atom. The van der Waals surface area contributed by atoms with Crippen molar-refractivity contribution in [1.82, 2.24) is 5.32 Å². The summed E-state index contributed by atoms with van der Waals surface area (Å²) in [6.07, 6.45) is 0. The van der Waals surface area contributed by atoms with E-state index in [1.165, 1.54) is 5.56 Å². The van der Waals surface area contributed by atoms with Gasteiger partial charge in [0.15, 0.2) is 0 Å². The van der Waals surface area contributed by atoms with Crippen molar-refractivity contribution in [2.75, 3.05) is 14.2 Å². The molecule has 0 radical (unpaired) electrons. The second-order valence-corrected chi connectivity index (χ2v) is 5.21. The molecule has 0 amide bonds. The molecule has 4 heteroatoms. The number of benzene rings is 2. The highest BCUT2D eigenvalue weighted by Crippen LogP contribution is 2.27. The van der Waals surface area contributed by atoms with Crippen molar-refractivity contribution in [2.24, 2.45) is 0 Å². The van der Waals surface area contributed by atoms with Crippen molar-refractivity contribution >= 4 is 11.6 Å². The maximum Gasteiger partial charge on any atom is 0.124 e. The quantitative estimate of drug-likeness (QED) is 0.867. The first kappa shape index (κ1) is 15.7. The number of hydrogen-bond donors (Lipinski definition) is 1. The van der Waals surface area contributed by atoms with Gasteiger partial charge in [-0.15, -0.1) is 0 Å². The van der Waals surface area contributed by atoms with Gasteiger partial charge in [0.25, 0.3) is 0 Å². The maximum absolute atomic E-state index is 6.25. The monoisotopic (exact) mass is 305 g/mol. The third kappa shape index (κ3) is 3.90. The summed E-state index contributed by atoms with van der Waals surface area (Å²) in [5.41, 5.74) is 2.14. The smallest absolute Gasteiger partial charge is 0.124 e. The lowest BCUT2D eigenvalue weighted by Gasteiger charge is -2.17. The number of nitrogens with one attached hydrogen (secondary N) is 1. The minimum absolute atomic E-state index is 0.182. The van der Waals surface area contributed by atoms with E-state index < -0.39 is 0 Å². The van der Waals surface area contributed by atoms with Crippen LogP contribution in [0.4, 0.5) is 0 Å². The van der Waals surface area contributed by atoms with Crippen molar-refractivity contribution in [3.05, 3.63) is 58.6 Å². The van der Waals surface area contributed by atoms with Crippen LogP contribution >= 0.6 is 11.6 Å². The van der Waals surface area contributed by atoms with Crippen molar-refractivity contribution < 1.29 is 9.47 Å². The molecule has 0 saturated heterocycles. The van der Waals surface area contributed by atoms with Gasteiger partial charge in [-0.2, -0.15) is 0 Å². The highest BCUT2D eigenvalue weighted by atomic mass is 35.5. The Hall–Kier alpha value is -1.71. The number of rotatable bonds is 6. The van der Waals surface area contributed by atoms with Crippen molar-refractivity contribution in [3.8, 4) is 11.5 Å². The lowest BCUT2D eigenvalue weighted by molar-refractivity contribution is 0.405. The van der Waals surface area contributed by atoms with E-state index in [-0.39, 0.29) is 6.04 Å². The molecule has 112 valence electrons. The van der Waals surface area contributed by atoms with Crippen LogP contribution in [0, 0.1) is 0 Å². The zero-order valence-corrected chi connectivity index (χ0v) is 13.3. The van der Waals surface area contributed by atoms with Crippen molar-refractivity contribution in [1.29, 1.82) is 0 Å². The van der Waals surface area contributed by atoms with E-state index in [2.05, 4.69) is 18.3 Å². The molecule has 1 unspecified atom stereocenters. The van der Waals surface area contributed by atoms with Crippen LogP contribution in [0.5, 0.6) is 11.5 Å². The largest absolute Gasteiger partial charge is 0.497 e. The Bertz CT molecular complexity index is 601. The molecular formula is C17H20ClNO2. The van der Waals surface area contributed by atoms with Crippen LogP contribution in [0.2, 0.25) is 5.02 Å². The molecule has 21 heavy (non-hydrogen) atoms. The fraction of sp³-hybridized carbons (Fsp3) is 0.294. The van der Waals surface area contributed by atoms with Gasteiger partial charge in [0.1, 0.15) is 11.5 Å². The molecule has 0 aromatic heterocycles. The molecule has 1 N–H and O–H groups in total. The number of halogens is 1. The van der Waals surface area contributed by atoms with E-state index in [0.717, 1.165) is 17.1 Å². The molecule has 0 aliphatic rings. The fourth-order valence-corrected chi connectivity index (χ4v) is 2.42. The third-order valence-corrected chi connectivity index (χ3v) is 3.83. The molecule has 3 nitrogen and oxygen atoms in total. The summed E-state index contributed by atoms with van der Waals surface area (Å²) in [6, 6.07) is 13.9. The zero-order chi connectivity index (χ0) is 15.2. The predicted molar refractivity (Wildman–Crippen MR) is 86.3 cm³/mol. The Kier molecular flexibility index (Phi) is 5.48. The van der Waals surface area contributed by atoms with E-state index in [1.807, 2.05) is 36.4 Å². The number of ether oxygens (including phenoxy) is 2. The Morgan fingerprint density at radius 2 is 1.86 bits per heavy atom. The summed E-state index contributed by atoms with van der Waals surface area (Å²) < 4.78 is 10.6. The number of hydrogen-bond acceptors (Lipinski definition) is 3. The first-order valence-corrected chi connectivity index (χ1v) is 7.22. The van der Waals surface area contributed by atoms with Crippen LogP contribution in [0.3, 0.4) is 0 Å². The standard InChI is InChI=1S/C17H20ClNO2/c1-12(13-6-4-7-14(10-13)20-2)19-11-15-16(18)8-5-9-17(15)21-3/h4-10,12,19H,11H2,1-3H3. The summed E-state index contributed by atoms with van der Waals surface area (Å²) in [4.78, 5) is 0. The predicted octanol–water partition coefficient (Wildman–Crippen LogP) is 4.21. The molecule has 0 aliphatic heterocycles. The molecule has 2 aromatic rings. The minimum Gasteiger partial charge on any atom is -0.497 e. The molecule has 2 rings (SSSR count). The Balaban J connectivity index is 2.09. The molecule has 0 heterocycles. The summed E-state index contributed by atoms with van der Waals surface area (Å²) in [5.74, 6) is 1.66.